The van der Waals surface area contributed by atoms with Crippen molar-refractivity contribution >= 4 is 15.5 Å². The largest absolute Gasteiger partial charge is 0.379 e. The summed E-state index contributed by atoms with van der Waals surface area (Å²) in [6.07, 6.45) is 0.619. The molecule has 0 unspecified atom stereocenters. The van der Waals surface area contributed by atoms with Gasteiger partial charge in [-0.05, 0) is 18.6 Å². The van der Waals surface area contributed by atoms with Gasteiger partial charge in [0.25, 0.3) is 0 Å². The van der Waals surface area contributed by atoms with Gasteiger partial charge in [-0.25, -0.2) is 13.4 Å². The molecule has 1 aliphatic heterocycles. The zero-order valence-electron chi connectivity index (χ0n) is 11.1. The summed E-state index contributed by atoms with van der Waals surface area (Å²) < 4.78 is 29.7. The van der Waals surface area contributed by atoms with Gasteiger partial charge in [0.2, 0.25) is 0 Å². The molecule has 1 saturated heterocycles. The van der Waals surface area contributed by atoms with E-state index in [4.69, 9.17) is 4.74 Å². The highest BCUT2D eigenvalue weighted by Crippen LogP contribution is 2.23. The fraction of sp³-hybridized carbons (Fsp3) is 0.538. The number of para-hydroxylation sites is 1. The molecule has 0 atom stereocenters. The summed E-state index contributed by atoms with van der Waals surface area (Å²) in [6, 6.07) is 7.06. The first-order chi connectivity index (χ1) is 9.13. The summed E-state index contributed by atoms with van der Waals surface area (Å²) in [5.41, 5.74) is 3.84. The lowest BCUT2D eigenvalue weighted by molar-refractivity contribution is 0.0495. The highest BCUT2D eigenvalue weighted by atomic mass is 32.2. The molecule has 0 amide bonds. The molecule has 1 N–H and O–H groups in total. The molecule has 19 heavy (non-hydrogen) atoms. The highest BCUT2D eigenvalue weighted by Gasteiger charge is 2.19. The fourth-order valence-corrected chi connectivity index (χ4v) is 3.55. The minimum atomic E-state index is -3.21. The normalized spacial score (nSPS) is 17.3. The molecule has 0 spiro atoms. The van der Waals surface area contributed by atoms with E-state index in [0.717, 1.165) is 13.1 Å². The van der Waals surface area contributed by atoms with E-state index in [0.29, 0.717) is 30.2 Å². The molecule has 5 nitrogen and oxygen atoms in total. The van der Waals surface area contributed by atoms with Crippen molar-refractivity contribution in [2.75, 3.05) is 37.5 Å². The van der Waals surface area contributed by atoms with Crippen LogP contribution in [0.15, 0.2) is 29.2 Å². The molecule has 0 aromatic heterocycles. The van der Waals surface area contributed by atoms with Crippen LogP contribution in [0.2, 0.25) is 0 Å². The van der Waals surface area contributed by atoms with Crippen molar-refractivity contribution in [3.05, 3.63) is 24.3 Å². The van der Waals surface area contributed by atoms with Crippen molar-refractivity contribution in [2.24, 2.45) is 0 Å². The molecule has 1 fully saturated rings. The predicted octanol–water partition coefficient (Wildman–Crippen LogP) is 1.53. The first-order valence-corrected chi connectivity index (χ1v) is 8.20. The Bertz CT molecular complexity index is 510. The van der Waals surface area contributed by atoms with E-state index in [-0.39, 0.29) is 5.75 Å². The van der Waals surface area contributed by atoms with Gasteiger partial charge in [-0.1, -0.05) is 19.1 Å². The van der Waals surface area contributed by atoms with Crippen molar-refractivity contribution in [1.29, 1.82) is 0 Å². The van der Waals surface area contributed by atoms with E-state index >= 15 is 0 Å². The summed E-state index contributed by atoms with van der Waals surface area (Å²) in [6.45, 7) is 4.70. The van der Waals surface area contributed by atoms with Gasteiger partial charge in [-0.3, -0.25) is 0 Å². The first-order valence-electron chi connectivity index (χ1n) is 6.54. The van der Waals surface area contributed by atoms with Crippen LogP contribution >= 0.6 is 0 Å². The molecular weight excluding hydrogens is 264 g/mol. The smallest absolute Gasteiger partial charge is 0.180 e. The Balaban J connectivity index is 2.20. The molecule has 1 aromatic rings. The highest BCUT2D eigenvalue weighted by molar-refractivity contribution is 7.91. The summed E-state index contributed by atoms with van der Waals surface area (Å²) in [4.78, 5) is 0.378. The maximum atomic E-state index is 12.2. The van der Waals surface area contributed by atoms with Crippen LogP contribution in [0.1, 0.15) is 13.3 Å². The third-order valence-corrected chi connectivity index (χ3v) is 4.96. The van der Waals surface area contributed by atoms with Crippen LogP contribution in [0, 0.1) is 0 Å². The molecule has 1 aromatic carbocycles. The van der Waals surface area contributed by atoms with Crippen LogP contribution in [-0.4, -0.2) is 45.5 Å². The summed E-state index contributed by atoms with van der Waals surface area (Å²) in [5, 5.41) is 1.99. The minimum Gasteiger partial charge on any atom is -0.379 e. The van der Waals surface area contributed by atoms with E-state index in [1.807, 2.05) is 18.0 Å². The number of nitrogens with zero attached hydrogens (tertiary/aromatic N) is 1. The van der Waals surface area contributed by atoms with Crippen molar-refractivity contribution in [1.82, 2.24) is 5.01 Å². The molecule has 1 aliphatic rings. The number of sulfone groups is 1. The molecule has 0 radical (unpaired) electrons. The van der Waals surface area contributed by atoms with Crippen LogP contribution in [0.4, 0.5) is 5.69 Å². The summed E-state index contributed by atoms with van der Waals surface area (Å²) in [7, 11) is -3.21. The third-order valence-electron chi connectivity index (χ3n) is 2.98. The maximum absolute atomic E-state index is 12.2. The van der Waals surface area contributed by atoms with Crippen molar-refractivity contribution in [3.8, 4) is 0 Å². The summed E-state index contributed by atoms with van der Waals surface area (Å²) >= 11 is 0. The standard InChI is InChI=1S/C13H20N2O3S/c1-2-11-19(16,17)13-6-4-3-5-12(13)14-15-7-9-18-10-8-15/h3-6,14H,2,7-11H2,1H3. The summed E-state index contributed by atoms with van der Waals surface area (Å²) in [5.74, 6) is 0.175. The number of morpholine rings is 1. The Morgan fingerprint density at radius 3 is 2.63 bits per heavy atom. The van der Waals surface area contributed by atoms with Crippen molar-refractivity contribution < 1.29 is 13.2 Å². The predicted molar refractivity (Wildman–Crippen MR) is 74.8 cm³/mol. The van der Waals surface area contributed by atoms with E-state index < -0.39 is 9.84 Å². The number of hydrogen-bond donors (Lipinski definition) is 1. The number of anilines is 1. The zero-order chi connectivity index (χ0) is 13.7. The third kappa shape index (κ3) is 3.68. The van der Waals surface area contributed by atoms with Gasteiger partial charge >= 0.3 is 0 Å². The number of ether oxygens (including phenoxy) is 1. The maximum Gasteiger partial charge on any atom is 0.180 e. The Hall–Kier alpha value is -1.11. The average molecular weight is 284 g/mol. The zero-order valence-corrected chi connectivity index (χ0v) is 11.9. The molecular formula is C13H20N2O3S. The van der Waals surface area contributed by atoms with Gasteiger partial charge in [0.1, 0.15) is 0 Å². The molecule has 0 aliphatic carbocycles. The van der Waals surface area contributed by atoms with Gasteiger partial charge in [0.15, 0.2) is 9.84 Å². The Labute approximate surface area is 114 Å². The minimum absolute atomic E-state index is 0.175. The number of hydrogen-bond acceptors (Lipinski definition) is 5. The van der Waals surface area contributed by atoms with Crippen LogP contribution in [0.5, 0.6) is 0 Å². The Morgan fingerprint density at radius 2 is 1.95 bits per heavy atom. The van der Waals surface area contributed by atoms with Crippen LogP contribution < -0.4 is 5.43 Å². The number of benzene rings is 1. The van der Waals surface area contributed by atoms with Crippen molar-refractivity contribution in [3.63, 3.8) is 0 Å². The molecule has 0 saturated carbocycles. The second-order valence-corrected chi connectivity index (χ2v) is 6.60. The van der Waals surface area contributed by atoms with Crippen molar-refractivity contribution in [2.45, 2.75) is 18.2 Å². The van der Waals surface area contributed by atoms with E-state index in [9.17, 15) is 8.42 Å². The average Bonchev–Trinajstić information content (AvgIpc) is 2.40. The van der Waals surface area contributed by atoms with Gasteiger partial charge in [0, 0.05) is 13.1 Å². The number of rotatable bonds is 5. The Kier molecular flexibility index (Phi) is 4.79. The Morgan fingerprint density at radius 1 is 1.26 bits per heavy atom. The van der Waals surface area contributed by atoms with Gasteiger partial charge < -0.3 is 10.2 Å². The SMILES string of the molecule is CCCS(=O)(=O)c1ccccc1NN1CCOCC1. The molecule has 0 bridgehead atoms. The lowest BCUT2D eigenvalue weighted by atomic mass is 10.3. The van der Waals surface area contributed by atoms with Crippen LogP contribution in [0.3, 0.4) is 0 Å². The van der Waals surface area contributed by atoms with E-state index in [2.05, 4.69) is 5.43 Å². The number of hydrazine groups is 1. The van der Waals surface area contributed by atoms with Gasteiger partial charge in [-0.2, -0.15) is 0 Å². The molecule has 2 rings (SSSR count). The van der Waals surface area contributed by atoms with Crippen LogP contribution in [0.25, 0.3) is 0 Å². The van der Waals surface area contributed by atoms with E-state index in [1.54, 1.807) is 18.2 Å². The lowest BCUT2D eigenvalue weighted by Gasteiger charge is -2.28. The topological polar surface area (TPSA) is 58.6 Å². The molecule has 6 heteroatoms. The number of nitrogens with one attached hydrogen (secondary N) is 1. The molecule has 1 heterocycles. The first kappa shape index (κ1) is 14.3. The lowest BCUT2D eigenvalue weighted by Crippen LogP contribution is -2.40. The quantitative estimate of drug-likeness (QED) is 0.888. The monoisotopic (exact) mass is 284 g/mol. The van der Waals surface area contributed by atoms with Crippen LogP contribution in [-0.2, 0) is 14.6 Å². The fourth-order valence-electron chi connectivity index (χ4n) is 2.05. The molecule has 106 valence electrons. The van der Waals surface area contributed by atoms with Gasteiger partial charge in [0.05, 0.1) is 29.5 Å². The van der Waals surface area contributed by atoms with E-state index in [1.165, 1.54) is 0 Å². The van der Waals surface area contributed by atoms with Gasteiger partial charge in [-0.15, -0.1) is 0 Å². The second-order valence-electron chi connectivity index (χ2n) is 4.53. The second kappa shape index (κ2) is 6.36.